The van der Waals surface area contributed by atoms with Crippen molar-refractivity contribution >= 4 is 17.3 Å². The summed E-state index contributed by atoms with van der Waals surface area (Å²) in [5.41, 5.74) is 3.11. The maximum Gasteiger partial charge on any atom is 0.270 e. The maximum atomic E-state index is 12.8. The zero-order chi connectivity index (χ0) is 20.9. The van der Waals surface area contributed by atoms with Crippen molar-refractivity contribution in [2.24, 2.45) is 0 Å². The number of nitro groups is 1. The molecule has 0 spiro atoms. The lowest BCUT2D eigenvalue weighted by Gasteiger charge is -2.20. The summed E-state index contributed by atoms with van der Waals surface area (Å²) in [6, 6.07) is 14.4. The van der Waals surface area contributed by atoms with E-state index in [0.29, 0.717) is 18.5 Å². The van der Waals surface area contributed by atoms with Crippen LogP contribution in [0.1, 0.15) is 28.8 Å². The van der Waals surface area contributed by atoms with Gasteiger partial charge in [-0.05, 0) is 49.1 Å². The number of nitrogens with zero attached hydrogens (tertiary/aromatic N) is 4. The standard InChI is InChI=1S/C22H23N5O3/c28-22(20-16-19(27(29)30)8-9-21(20)25-13-1-2-14-25)23-12-10-17-4-6-18(7-5-17)26-15-3-11-24-26/h3-9,11,15-16H,1-2,10,12-14H2,(H,23,28). The van der Waals surface area contributed by atoms with Gasteiger partial charge in [-0.25, -0.2) is 4.68 Å². The van der Waals surface area contributed by atoms with Crippen molar-refractivity contribution in [2.75, 3.05) is 24.5 Å². The van der Waals surface area contributed by atoms with Crippen molar-refractivity contribution in [3.8, 4) is 5.69 Å². The molecule has 0 unspecified atom stereocenters. The van der Waals surface area contributed by atoms with Crippen LogP contribution in [0.3, 0.4) is 0 Å². The highest BCUT2D eigenvalue weighted by Crippen LogP contribution is 2.28. The number of benzene rings is 2. The Balaban J connectivity index is 1.42. The van der Waals surface area contributed by atoms with Crippen molar-refractivity contribution in [3.05, 3.63) is 82.2 Å². The molecule has 0 radical (unpaired) electrons. The summed E-state index contributed by atoms with van der Waals surface area (Å²) < 4.78 is 1.79. The number of aromatic nitrogens is 2. The second-order valence-electron chi connectivity index (χ2n) is 7.28. The number of hydrogen-bond acceptors (Lipinski definition) is 5. The van der Waals surface area contributed by atoms with Gasteiger partial charge in [-0.2, -0.15) is 5.10 Å². The van der Waals surface area contributed by atoms with Crippen LogP contribution in [0.4, 0.5) is 11.4 Å². The van der Waals surface area contributed by atoms with Crippen LogP contribution in [0.25, 0.3) is 5.69 Å². The fourth-order valence-corrected chi connectivity index (χ4v) is 3.71. The van der Waals surface area contributed by atoms with Gasteiger partial charge >= 0.3 is 0 Å². The van der Waals surface area contributed by atoms with Crippen LogP contribution in [-0.4, -0.2) is 40.2 Å². The number of hydrogen-bond donors (Lipinski definition) is 1. The lowest BCUT2D eigenvalue weighted by atomic mass is 10.1. The lowest BCUT2D eigenvalue weighted by molar-refractivity contribution is -0.384. The SMILES string of the molecule is O=C(NCCc1ccc(-n2cccn2)cc1)c1cc([N+](=O)[O-])ccc1N1CCCC1. The molecule has 8 heteroatoms. The first-order valence-electron chi connectivity index (χ1n) is 10.0. The molecule has 3 aromatic rings. The Morgan fingerprint density at radius 2 is 1.90 bits per heavy atom. The minimum Gasteiger partial charge on any atom is -0.371 e. The van der Waals surface area contributed by atoms with Crippen LogP contribution < -0.4 is 10.2 Å². The minimum absolute atomic E-state index is 0.0719. The number of nitrogens with one attached hydrogen (secondary N) is 1. The Bertz CT molecular complexity index is 1030. The molecule has 1 saturated heterocycles. The van der Waals surface area contributed by atoms with Crippen LogP contribution in [0, 0.1) is 10.1 Å². The zero-order valence-corrected chi connectivity index (χ0v) is 16.5. The van der Waals surface area contributed by atoms with E-state index in [9.17, 15) is 14.9 Å². The van der Waals surface area contributed by atoms with E-state index in [4.69, 9.17) is 0 Å². The van der Waals surface area contributed by atoms with Gasteiger partial charge in [0.1, 0.15) is 0 Å². The summed E-state index contributed by atoms with van der Waals surface area (Å²) in [7, 11) is 0. The first kappa shape index (κ1) is 19.6. The molecule has 4 rings (SSSR count). The molecule has 1 N–H and O–H groups in total. The van der Waals surface area contributed by atoms with Gasteiger partial charge in [0.05, 0.1) is 21.9 Å². The van der Waals surface area contributed by atoms with Crippen LogP contribution in [0.2, 0.25) is 0 Å². The van der Waals surface area contributed by atoms with E-state index in [1.165, 1.54) is 12.1 Å². The molecule has 1 amide bonds. The number of anilines is 1. The molecule has 0 bridgehead atoms. The highest BCUT2D eigenvalue weighted by atomic mass is 16.6. The first-order valence-corrected chi connectivity index (χ1v) is 10.0. The highest BCUT2D eigenvalue weighted by Gasteiger charge is 2.22. The van der Waals surface area contributed by atoms with Gasteiger partial charge in [-0.3, -0.25) is 14.9 Å². The fraction of sp³-hybridized carbons (Fsp3) is 0.273. The van der Waals surface area contributed by atoms with Crippen molar-refractivity contribution in [3.63, 3.8) is 0 Å². The maximum absolute atomic E-state index is 12.8. The predicted octanol–water partition coefficient (Wildman–Crippen LogP) is 3.35. The second kappa shape index (κ2) is 8.77. The summed E-state index contributed by atoms with van der Waals surface area (Å²) in [6.07, 6.45) is 6.40. The fourth-order valence-electron chi connectivity index (χ4n) is 3.71. The third kappa shape index (κ3) is 4.32. The average Bonchev–Trinajstić information content (AvgIpc) is 3.48. The normalized spacial score (nSPS) is 13.4. The molecule has 2 heterocycles. The Labute approximate surface area is 174 Å². The largest absolute Gasteiger partial charge is 0.371 e. The quantitative estimate of drug-likeness (QED) is 0.481. The topological polar surface area (TPSA) is 93.3 Å². The first-order chi connectivity index (χ1) is 14.6. The van der Waals surface area contributed by atoms with Crippen molar-refractivity contribution in [1.29, 1.82) is 0 Å². The third-order valence-electron chi connectivity index (χ3n) is 5.29. The molecule has 2 aromatic carbocycles. The minimum atomic E-state index is -0.467. The van der Waals surface area contributed by atoms with Crippen molar-refractivity contribution in [1.82, 2.24) is 15.1 Å². The number of amides is 1. The Hall–Kier alpha value is -3.68. The molecule has 30 heavy (non-hydrogen) atoms. The zero-order valence-electron chi connectivity index (χ0n) is 16.5. The lowest BCUT2D eigenvalue weighted by Crippen LogP contribution is -2.29. The third-order valence-corrected chi connectivity index (χ3v) is 5.29. The van der Waals surface area contributed by atoms with Crippen LogP contribution in [0.15, 0.2) is 60.9 Å². The molecular formula is C22H23N5O3. The van der Waals surface area contributed by atoms with Gasteiger partial charge in [0.15, 0.2) is 0 Å². The smallest absolute Gasteiger partial charge is 0.270 e. The Morgan fingerprint density at radius 3 is 2.57 bits per heavy atom. The van der Waals surface area contributed by atoms with E-state index < -0.39 is 4.92 Å². The van der Waals surface area contributed by atoms with Crippen LogP contribution in [0.5, 0.6) is 0 Å². The monoisotopic (exact) mass is 405 g/mol. The molecule has 1 aliphatic rings. The summed E-state index contributed by atoms with van der Waals surface area (Å²) in [5.74, 6) is -0.284. The van der Waals surface area contributed by atoms with E-state index in [2.05, 4.69) is 15.3 Å². The molecule has 1 aromatic heterocycles. The predicted molar refractivity (Wildman–Crippen MR) is 114 cm³/mol. The Morgan fingerprint density at radius 1 is 1.13 bits per heavy atom. The van der Waals surface area contributed by atoms with E-state index in [1.807, 2.05) is 36.5 Å². The number of non-ortho nitro benzene ring substituents is 1. The van der Waals surface area contributed by atoms with Gasteiger partial charge in [0.2, 0.25) is 0 Å². The van der Waals surface area contributed by atoms with E-state index in [-0.39, 0.29) is 11.6 Å². The van der Waals surface area contributed by atoms with Crippen LogP contribution in [-0.2, 0) is 6.42 Å². The van der Waals surface area contributed by atoms with E-state index >= 15 is 0 Å². The molecule has 154 valence electrons. The molecule has 0 aliphatic carbocycles. The molecule has 1 fully saturated rings. The van der Waals surface area contributed by atoms with E-state index in [0.717, 1.165) is 42.9 Å². The molecule has 1 aliphatic heterocycles. The van der Waals surface area contributed by atoms with Crippen molar-refractivity contribution < 1.29 is 9.72 Å². The van der Waals surface area contributed by atoms with Crippen molar-refractivity contribution in [2.45, 2.75) is 19.3 Å². The summed E-state index contributed by atoms with van der Waals surface area (Å²) in [5, 5.41) is 18.3. The molecular weight excluding hydrogens is 382 g/mol. The molecule has 0 atom stereocenters. The average molecular weight is 405 g/mol. The number of carbonyl (C=O) groups is 1. The van der Waals surface area contributed by atoms with Gasteiger partial charge in [-0.1, -0.05) is 12.1 Å². The summed E-state index contributed by atoms with van der Waals surface area (Å²) in [4.78, 5) is 25.7. The van der Waals surface area contributed by atoms with Gasteiger partial charge in [-0.15, -0.1) is 0 Å². The Kier molecular flexibility index (Phi) is 5.74. The number of nitro benzene ring substituents is 1. The van der Waals surface area contributed by atoms with Gasteiger partial charge in [0, 0.05) is 44.2 Å². The number of carbonyl (C=O) groups excluding carboxylic acids is 1. The van der Waals surface area contributed by atoms with E-state index in [1.54, 1.807) is 16.9 Å². The van der Waals surface area contributed by atoms with Gasteiger partial charge < -0.3 is 10.2 Å². The summed E-state index contributed by atoms with van der Waals surface area (Å²) in [6.45, 7) is 2.17. The number of rotatable bonds is 7. The van der Waals surface area contributed by atoms with Crippen LogP contribution >= 0.6 is 0 Å². The summed E-state index contributed by atoms with van der Waals surface area (Å²) >= 11 is 0. The molecule has 8 nitrogen and oxygen atoms in total. The highest BCUT2D eigenvalue weighted by molar-refractivity contribution is 6.00. The second-order valence-corrected chi connectivity index (χ2v) is 7.28. The van der Waals surface area contributed by atoms with Gasteiger partial charge in [0.25, 0.3) is 11.6 Å². The molecule has 0 saturated carbocycles.